The Hall–Kier alpha value is -1.85. The standard InChI is InChI=1S/C24H18I2N2O2S/c1-15-7-9-19(10-8-15)27-24-28(14-16-5-3-2-4-6-16)23(30)21(31-24)12-17-11-18(25)13-20(26)22(17)29/h2-13,29H,14H2,1H3/b21-12+,27-24?. The van der Waals surface area contributed by atoms with E-state index in [0.29, 0.717) is 22.2 Å². The molecule has 3 aromatic rings. The van der Waals surface area contributed by atoms with E-state index in [-0.39, 0.29) is 11.7 Å². The third-order valence-corrected chi connectivity index (χ3v) is 7.13. The van der Waals surface area contributed by atoms with Crippen molar-refractivity contribution in [1.82, 2.24) is 4.90 Å². The minimum Gasteiger partial charge on any atom is -0.506 e. The van der Waals surface area contributed by atoms with E-state index < -0.39 is 0 Å². The molecule has 1 N–H and O–H groups in total. The fourth-order valence-electron chi connectivity index (χ4n) is 3.06. The van der Waals surface area contributed by atoms with Crippen LogP contribution in [0.4, 0.5) is 5.69 Å². The van der Waals surface area contributed by atoms with Gasteiger partial charge in [0.2, 0.25) is 0 Å². The van der Waals surface area contributed by atoms with E-state index in [1.165, 1.54) is 11.8 Å². The molecule has 1 amide bonds. The van der Waals surface area contributed by atoms with E-state index in [1.807, 2.05) is 73.7 Å². The van der Waals surface area contributed by atoms with Gasteiger partial charge in [0.25, 0.3) is 5.91 Å². The molecule has 0 bridgehead atoms. The van der Waals surface area contributed by atoms with Crippen molar-refractivity contribution in [2.75, 3.05) is 0 Å². The van der Waals surface area contributed by atoms with Crippen molar-refractivity contribution in [3.05, 3.63) is 95.5 Å². The molecule has 0 atom stereocenters. The van der Waals surface area contributed by atoms with Crippen molar-refractivity contribution in [1.29, 1.82) is 0 Å². The number of amides is 1. The van der Waals surface area contributed by atoms with Gasteiger partial charge in [0, 0.05) is 9.13 Å². The minimum atomic E-state index is -0.118. The average Bonchev–Trinajstić information content (AvgIpc) is 3.03. The second-order valence-corrected chi connectivity index (χ2v) is 10.5. The zero-order valence-electron chi connectivity index (χ0n) is 16.5. The second kappa shape index (κ2) is 9.74. The van der Waals surface area contributed by atoms with Crippen molar-refractivity contribution in [2.45, 2.75) is 13.5 Å². The van der Waals surface area contributed by atoms with Gasteiger partial charge in [-0.05, 0) is 99.8 Å². The van der Waals surface area contributed by atoms with E-state index in [9.17, 15) is 9.90 Å². The van der Waals surface area contributed by atoms with Crippen molar-refractivity contribution >= 4 is 79.8 Å². The summed E-state index contributed by atoms with van der Waals surface area (Å²) in [5, 5.41) is 11.1. The van der Waals surface area contributed by atoms with E-state index in [1.54, 1.807) is 11.0 Å². The molecule has 1 aliphatic rings. The summed E-state index contributed by atoms with van der Waals surface area (Å²) in [6.45, 7) is 2.47. The number of phenols is 1. The lowest BCUT2D eigenvalue weighted by Crippen LogP contribution is -2.28. The molecule has 0 saturated carbocycles. The second-order valence-electron chi connectivity index (χ2n) is 7.04. The minimum absolute atomic E-state index is 0.118. The van der Waals surface area contributed by atoms with Crippen LogP contribution in [-0.2, 0) is 11.3 Å². The molecule has 0 aliphatic carbocycles. The lowest BCUT2D eigenvalue weighted by Gasteiger charge is -2.15. The number of aromatic hydroxyl groups is 1. The molecule has 1 aliphatic heterocycles. The number of hydrogen-bond acceptors (Lipinski definition) is 4. The average molecular weight is 652 g/mol. The van der Waals surface area contributed by atoms with Gasteiger partial charge in [-0.25, -0.2) is 4.99 Å². The highest BCUT2D eigenvalue weighted by molar-refractivity contribution is 14.1. The van der Waals surface area contributed by atoms with E-state index >= 15 is 0 Å². The van der Waals surface area contributed by atoms with E-state index in [0.717, 1.165) is 24.0 Å². The number of rotatable bonds is 4. The van der Waals surface area contributed by atoms with Crippen LogP contribution >= 0.6 is 56.9 Å². The predicted octanol–water partition coefficient (Wildman–Crippen LogP) is 6.71. The molecule has 156 valence electrons. The first-order chi connectivity index (χ1) is 14.9. The molecular weight excluding hydrogens is 634 g/mol. The first-order valence-electron chi connectivity index (χ1n) is 9.49. The Kier molecular flexibility index (Phi) is 7.02. The summed E-state index contributed by atoms with van der Waals surface area (Å²) in [6, 6.07) is 21.5. The summed E-state index contributed by atoms with van der Waals surface area (Å²) < 4.78 is 1.75. The van der Waals surface area contributed by atoms with Crippen molar-refractivity contribution in [3.63, 3.8) is 0 Å². The molecule has 3 aromatic carbocycles. The molecule has 4 rings (SSSR count). The first kappa shape index (κ1) is 22.3. The highest BCUT2D eigenvalue weighted by Gasteiger charge is 2.33. The topological polar surface area (TPSA) is 52.9 Å². The Morgan fingerprint density at radius 2 is 1.77 bits per heavy atom. The normalized spacial score (nSPS) is 16.5. The van der Waals surface area contributed by atoms with Gasteiger partial charge in [0.15, 0.2) is 5.17 Å². The summed E-state index contributed by atoms with van der Waals surface area (Å²) >= 11 is 5.64. The molecular formula is C24H18I2N2O2S. The summed E-state index contributed by atoms with van der Waals surface area (Å²) in [6.07, 6.45) is 1.75. The monoisotopic (exact) mass is 652 g/mol. The Balaban J connectivity index is 1.74. The summed E-state index contributed by atoms with van der Waals surface area (Å²) in [5.74, 6) is 0.0634. The third kappa shape index (κ3) is 5.32. The molecule has 4 nitrogen and oxygen atoms in total. The third-order valence-electron chi connectivity index (χ3n) is 4.67. The molecule has 0 spiro atoms. The van der Waals surface area contributed by atoms with Crippen molar-refractivity contribution in [3.8, 4) is 5.75 Å². The van der Waals surface area contributed by atoms with Gasteiger partial charge in [-0.1, -0.05) is 48.0 Å². The van der Waals surface area contributed by atoms with Crippen LogP contribution in [0.2, 0.25) is 0 Å². The number of carbonyl (C=O) groups is 1. The number of thioether (sulfide) groups is 1. The molecule has 0 unspecified atom stereocenters. The summed E-state index contributed by atoms with van der Waals surface area (Å²) in [5.41, 5.74) is 3.61. The maximum atomic E-state index is 13.3. The van der Waals surface area contributed by atoms with Gasteiger partial charge in [0.05, 0.1) is 20.7 Å². The Bertz CT molecular complexity index is 1190. The lowest BCUT2D eigenvalue weighted by atomic mass is 10.2. The molecule has 1 heterocycles. The highest BCUT2D eigenvalue weighted by atomic mass is 127. The number of aryl methyl sites for hydroxylation is 1. The SMILES string of the molecule is Cc1ccc(N=C2S/C(=C/c3cc(I)cc(I)c3O)C(=O)N2Cc2ccccc2)cc1. The predicted molar refractivity (Wildman–Crippen MR) is 144 cm³/mol. The van der Waals surface area contributed by atoms with Gasteiger partial charge < -0.3 is 5.11 Å². The van der Waals surface area contributed by atoms with Gasteiger partial charge in [-0.2, -0.15) is 0 Å². The van der Waals surface area contributed by atoms with Crippen molar-refractivity contribution in [2.24, 2.45) is 4.99 Å². The summed E-state index contributed by atoms with van der Waals surface area (Å²) in [7, 11) is 0. The number of nitrogens with zero attached hydrogens (tertiary/aromatic N) is 2. The Labute approximate surface area is 212 Å². The number of aliphatic imine (C=N–C) groups is 1. The highest BCUT2D eigenvalue weighted by Crippen LogP contribution is 2.37. The molecule has 0 radical (unpaired) electrons. The number of benzene rings is 3. The Morgan fingerprint density at radius 1 is 1.06 bits per heavy atom. The fraction of sp³-hybridized carbons (Fsp3) is 0.0833. The molecule has 0 aromatic heterocycles. The molecule has 1 saturated heterocycles. The number of carbonyl (C=O) groups excluding carboxylic acids is 1. The maximum absolute atomic E-state index is 13.3. The van der Waals surface area contributed by atoms with Gasteiger partial charge in [-0.3, -0.25) is 9.69 Å². The fourth-order valence-corrected chi connectivity index (χ4v) is 5.94. The van der Waals surface area contributed by atoms with Crippen LogP contribution in [0.15, 0.2) is 76.6 Å². The Morgan fingerprint density at radius 3 is 2.48 bits per heavy atom. The number of halogens is 2. The first-order valence-corrected chi connectivity index (χ1v) is 12.5. The smallest absolute Gasteiger partial charge is 0.267 e. The van der Waals surface area contributed by atoms with E-state index in [4.69, 9.17) is 4.99 Å². The van der Waals surface area contributed by atoms with Crippen LogP contribution < -0.4 is 0 Å². The van der Waals surface area contributed by atoms with Crippen LogP contribution in [0.25, 0.3) is 6.08 Å². The molecule has 1 fully saturated rings. The van der Waals surface area contributed by atoms with E-state index in [2.05, 4.69) is 45.2 Å². The quantitative estimate of drug-likeness (QED) is 0.252. The molecule has 31 heavy (non-hydrogen) atoms. The number of hydrogen-bond donors (Lipinski definition) is 1. The number of phenolic OH excluding ortho intramolecular Hbond substituents is 1. The lowest BCUT2D eigenvalue weighted by molar-refractivity contribution is -0.122. The van der Waals surface area contributed by atoms with Crippen LogP contribution in [0, 0.1) is 14.1 Å². The van der Waals surface area contributed by atoms with Crippen LogP contribution in [0.3, 0.4) is 0 Å². The van der Waals surface area contributed by atoms with Gasteiger partial charge in [0.1, 0.15) is 5.75 Å². The van der Waals surface area contributed by atoms with Gasteiger partial charge in [-0.15, -0.1) is 0 Å². The molecule has 7 heteroatoms. The van der Waals surface area contributed by atoms with Gasteiger partial charge >= 0.3 is 0 Å². The van der Waals surface area contributed by atoms with Crippen LogP contribution in [0.1, 0.15) is 16.7 Å². The van der Waals surface area contributed by atoms with Crippen LogP contribution in [0.5, 0.6) is 5.75 Å². The maximum Gasteiger partial charge on any atom is 0.267 e. The van der Waals surface area contributed by atoms with Crippen molar-refractivity contribution < 1.29 is 9.90 Å². The zero-order chi connectivity index (χ0) is 22.0. The van der Waals surface area contributed by atoms with Crippen LogP contribution in [-0.4, -0.2) is 21.1 Å². The largest absolute Gasteiger partial charge is 0.506 e. The number of amidine groups is 1. The summed E-state index contributed by atoms with van der Waals surface area (Å²) in [4.78, 5) is 20.3. The zero-order valence-corrected chi connectivity index (χ0v) is 21.7.